The van der Waals surface area contributed by atoms with Crippen LogP contribution in [0.2, 0.25) is 0 Å². The van der Waals surface area contributed by atoms with E-state index in [9.17, 15) is 0 Å². The topological polar surface area (TPSA) is 0 Å². The fourth-order valence-electron chi connectivity index (χ4n) is 1.62. The Hall–Kier alpha value is 0.260. The zero-order valence-corrected chi connectivity index (χ0v) is 9.38. The largest absolute Gasteiger partial charge is 0.120 e. The van der Waals surface area contributed by atoms with Crippen LogP contribution in [-0.2, 0) is 0 Å². The zero-order valence-electron chi connectivity index (χ0n) is 7.75. The van der Waals surface area contributed by atoms with Crippen molar-refractivity contribution in [3.05, 3.63) is 0 Å². The second kappa shape index (κ2) is 5.09. The molecule has 1 aliphatic rings. The quantitative estimate of drug-likeness (QED) is 0.495. The standard InChI is InChI=1S/C10H16S2/c1-4-5-9-6-11-12-7-10(9)8(2)3/h1,8-10H,5-7H2,2-3H3. The molecule has 1 heterocycles. The first kappa shape index (κ1) is 10.3. The molecule has 1 aliphatic heterocycles. The van der Waals surface area contributed by atoms with Gasteiger partial charge in [-0.15, -0.1) is 12.3 Å². The molecule has 2 atom stereocenters. The van der Waals surface area contributed by atoms with Crippen molar-refractivity contribution in [2.45, 2.75) is 20.3 Å². The van der Waals surface area contributed by atoms with Crippen LogP contribution in [0.5, 0.6) is 0 Å². The summed E-state index contributed by atoms with van der Waals surface area (Å²) in [7, 11) is 3.99. The Balaban J connectivity index is 2.49. The summed E-state index contributed by atoms with van der Waals surface area (Å²) in [5, 5.41) is 0. The molecule has 0 nitrogen and oxygen atoms in total. The molecule has 12 heavy (non-hydrogen) atoms. The molecule has 0 saturated carbocycles. The molecule has 0 radical (unpaired) electrons. The van der Waals surface area contributed by atoms with E-state index >= 15 is 0 Å². The second-order valence-electron chi connectivity index (χ2n) is 3.65. The predicted octanol–water partition coefficient (Wildman–Crippen LogP) is 3.29. The van der Waals surface area contributed by atoms with E-state index in [0.717, 1.165) is 24.2 Å². The molecule has 2 heteroatoms. The molecule has 1 saturated heterocycles. The SMILES string of the molecule is C#CCC1CSSCC1C(C)C. The first-order valence-electron chi connectivity index (χ1n) is 4.43. The Morgan fingerprint density at radius 1 is 1.42 bits per heavy atom. The van der Waals surface area contributed by atoms with Crippen molar-refractivity contribution < 1.29 is 0 Å². The van der Waals surface area contributed by atoms with E-state index in [0.29, 0.717) is 0 Å². The van der Waals surface area contributed by atoms with Gasteiger partial charge in [-0.3, -0.25) is 0 Å². The van der Waals surface area contributed by atoms with E-state index in [1.807, 2.05) is 21.6 Å². The van der Waals surface area contributed by atoms with Gasteiger partial charge in [-0.2, -0.15) is 0 Å². The Bertz CT molecular complexity index is 169. The van der Waals surface area contributed by atoms with Crippen LogP contribution >= 0.6 is 21.6 Å². The monoisotopic (exact) mass is 200 g/mol. The normalized spacial score (nSPS) is 30.2. The van der Waals surface area contributed by atoms with Crippen LogP contribution in [0.15, 0.2) is 0 Å². The van der Waals surface area contributed by atoms with Gasteiger partial charge in [-0.25, -0.2) is 0 Å². The number of terminal acetylenes is 1. The molecule has 0 aliphatic carbocycles. The van der Waals surface area contributed by atoms with Gasteiger partial charge in [0.05, 0.1) is 0 Å². The smallest absolute Gasteiger partial charge is 0.0126 e. The van der Waals surface area contributed by atoms with Crippen molar-refractivity contribution in [1.29, 1.82) is 0 Å². The van der Waals surface area contributed by atoms with Gasteiger partial charge in [0.1, 0.15) is 0 Å². The van der Waals surface area contributed by atoms with E-state index in [1.165, 1.54) is 11.5 Å². The van der Waals surface area contributed by atoms with Crippen molar-refractivity contribution in [2.24, 2.45) is 17.8 Å². The Morgan fingerprint density at radius 2 is 2.08 bits per heavy atom. The van der Waals surface area contributed by atoms with Crippen LogP contribution in [0, 0.1) is 30.1 Å². The Morgan fingerprint density at radius 3 is 2.67 bits per heavy atom. The van der Waals surface area contributed by atoms with Gasteiger partial charge < -0.3 is 0 Å². The van der Waals surface area contributed by atoms with Crippen LogP contribution in [0.25, 0.3) is 0 Å². The van der Waals surface area contributed by atoms with E-state index < -0.39 is 0 Å². The molecule has 0 amide bonds. The molecular formula is C10H16S2. The fourth-order valence-corrected chi connectivity index (χ4v) is 4.74. The van der Waals surface area contributed by atoms with Gasteiger partial charge in [0, 0.05) is 17.9 Å². The molecule has 68 valence electrons. The van der Waals surface area contributed by atoms with Crippen molar-refractivity contribution >= 4 is 21.6 Å². The summed E-state index contributed by atoms with van der Waals surface area (Å²) in [5.74, 6) is 7.73. The lowest BCUT2D eigenvalue weighted by Crippen LogP contribution is -2.26. The zero-order chi connectivity index (χ0) is 8.97. The second-order valence-corrected chi connectivity index (χ2v) is 6.20. The van der Waals surface area contributed by atoms with Crippen LogP contribution < -0.4 is 0 Å². The van der Waals surface area contributed by atoms with Crippen molar-refractivity contribution in [1.82, 2.24) is 0 Å². The number of rotatable bonds is 2. The van der Waals surface area contributed by atoms with Gasteiger partial charge in [-0.05, 0) is 17.8 Å². The Labute approximate surface area is 83.7 Å². The molecule has 0 N–H and O–H groups in total. The van der Waals surface area contributed by atoms with Gasteiger partial charge in [-0.1, -0.05) is 35.4 Å². The molecule has 0 spiro atoms. The van der Waals surface area contributed by atoms with Gasteiger partial charge in [0.25, 0.3) is 0 Å². The number of hydrogen-bond donors (Lipinski definition) is 0. The lowest BCUT2D eigenvalue weighted by Gasteiger charge is -2.32. The summed E-state index contributed by atoms with van der Waals surface area (Å²) in [5.41, 5.74) is 0. The van der Waals surface area contributed by atoms with Crippen LogP contribution in [0.1, 0.15) is 20.3 Å². The maximum atomic E-state index is 5.36. The van der Waals surface area contributed by atoms with E-state index in [1.54, 1.807) is 0 Å². The first-order chi connectivity index (χ1) is 5.75. The van der Waals surface area contributed by atoms with E-state index in [4.69, 9.17) is 6.42 Å². The molecule has 1 fully saturated rings. The summed E-state index contributed by atoms with van der Waals surface area (Å²) in [4.78, 5) is 0. The molecule has 2 unspecified atom stereocenters. The molecular weight excluding hydrogens is 184 g/mol. The average molecular weight is 200 g/mol. The highest BCUT2D eigenvalue weighted by Crippen LogP contribution is 2.40. The lowest BCUT2D eigenvalue weighted by atomic mass is 9.84. The third-order valence-electron chi connectivity index (χ3n) is 2.47. The third kappa shape index (κ3) is 2.64. The van der Waals surface area contributed by atoms with Crippen LogP contribution in [0.3, 0.4) is 0 Å². The lowest BCUT2D eigenvalue weighted by molar-refractivity contribution is 0.311. The summed E-state index contributed by atoms with van der Waals surface area (Å²) in [6, 6.07) is 0. The highest BCUT2D eigenvalue weighted by Gasteiger charge is 2.27. The van der Waals surface area contributed by atoms with Crippen molar-refractivity contribution in [2.75, 3.05) is 11.5 Å². The van der Waals surface area contributed by atoms with Gasteiger partial charge in [0.15, 0.2) is 0 Å². The molecule has 0 bridgehead atoms. The van der Waals surface area contributed by atoms with E-state index in [-0.39, 0.29) is 0 Å². The molecule has 1 rings (SSSR count). The maximum absolute atomic E-state index is 5.36. The van der Waals surface area contributed by atoms with Crippen molar-refractivity contribution in [3.63, 3.8) is 0 Å². The summed E-state index contributed by atoms with van der Waals surface area (Å²) in [6.07, 6.45) is 6.32. The highest BCUT2D eigenvalue weighted by molar-refractivity contribution is 8.76. The van der Waals surface area contributed by atoms with Crippen LogP contribution in [0.4, 0.5) is 0 Å². The average Bonchev–Trinajstić information content (AvgIpc) is 2.05. The van der Waals surface area contributed by atoms with Gasteiger partial charge >= 0.3 is 0 Å². The summed E-state index contributed by atoms with van der Waals surface area (Å²) < 4.78 is 0. The highest BCUT2D eigenvalue weighted by atomic mass is 33.1. The molecule has 0 aromatic heterocycles. The maximum Gasteiger partial charge on any atom is 0.0126 e. The van der Waals surface area contributed by atoms with Gasteiger partial charge in [0.2, 0.25) is 0 Å². The third-order valence-corrected chi connectivity index (χ3v) is 5.04. The fraction of sp³-hybridized carbons (Fsp3) is 0.800. The van der Waals surface area contributed by atoms with E-state index in [2.05, 4.69) is 19.8 Å². The number of hydrogen-bond acceptors (Lipinski definition) is 2. The Kier molecular flexibility index (Phi) is 4.39. The predicted molar refractivity (Wildman–Crippen MR) is 60.2 cm³/mol. The minimum absolute atomic E-state index is 0.765. The summed E-state index contributed by atoms with van der Waals surface area (Å²) in [6.45, 7) is 4.62. The van der Waals surface area contributed by atoms with Crippen LogP contribution in [-0.4, -0.2) is 11.5 Å². The molecule has 0 aromatic rings. The first-order valence-corrected chi connectivity index (χ1v) is 6.92. The molecule has 0 aromatic carbocycles. The minimum atomic E-state index is 0.765. The summed E-state index contributed by atoms with van der Waals surface area (Å²) >= 11 is 0. The van der Waals surface area contributed by atoms with Crippen molar-refractivity contribution in [3.8, 4) is 12.3 Å². The minimum Gasteiger partial charge on any atom is -0.120 e.